The van der Waals surface area contributed by atoms with Crippen LogP contribution in [-0.2, 0) is 0 Å². The van der Waals surface area contributed by atoms with E-state index in [0.29, 0.717) is 11.4 Å². The molecule has 0 saturated heterocycles. The molecule has 2 rings (SSSR count). The number of hydrogen-bond acceptors (Lipinski definition) is 2. The van der Waals surface area contributed by atoms with Gasteiger partial charge in [0.05, 0.1) is 18.2 Å². The molecule has 1 aromatic heterocycles. The zero-order valence-corrected chi connectivity index (χ0v) is 4.46. The van der Waals surface area contributed by atoms with Crippen LogP contribution in [0.3, 0.4) is 0 Å². The summed E-state index contributed by atoms with van der Waals surface area (Å²) in [6.45, 7) is 0. The van der Waals surface area contributed by atoms with Gasteiger partial charge in [-0.3, -0.25) is 4.79 Å². The maximum absolute atomic E-state index is 10.6. The lowest BCUT2D eigenvalue weighted by Crippen LogP contribution is -1.89. The number of carbonyl (C=O) groups excluding carboxylic acids is 1. The fraction of sp³-hybridized carbons (Fsp3) is 0. The summed E-state index contributed by atoms with van der Waals surface area (Å²) in [6, 6.07) is 0. The van der Waals surface area contributed by atoms with Gasteiger partial charge in [0.15, 0.2) is 5.69 Å². The number of H-pyrrole nitrogens is 1. The Hall–Kier alpha value is -1.45. The summed E-state index contributed by atoms with van der Waals surface area (Å²) in [7, 11) is 0. The first-order valence-corrected chi connectivity index (χ1v) is 2.50. The molecule has 1 aromatic rings. The average molecular weight is 121 g/mol. The summed E-state index contributed by atoms with van der Waals surface area (Å²) in [5, 5.41) is 0. The number of fused-ring (bicyclic) bond motifs is 1. The van der Waals surface area contributed by atoms with Crippen molar-refractivity contribution in [1.29, 1.82) is 0 Å². The molecule has 2 heterocycles. The molecular formula is C5H3N3O. The van der Waals surface area contributed by atoms with E-state index in [2.05, 4.69) is 15.0 Å². The van der Waals surface area contributed by atoms with Crippen LogP contribution in [0.1, 0.15) is 16.2 Å². The molecule has 0 radical (unpaired) electrons. The second-order valence-corrected chi connectivity index (χ2v) is 1.73. The van der Waals surface area contributed by atoms with Crippen LogP contribution < -0.4 is 0 Å². The number of aliphatic imine (C=N–C) groups is 1. The molecule has 1 aliphatic heterocycles. The lowest BCUT2D eigenvalue weighted by atomic mass is 10.4. The van der Waals surface area contributed by atoms with Crippen LogP contribution in [0, 0.1) is 0 Å². The first kappa shape index (κ1) is 4.43. The number of imidazole rings is 1. The van der Waals surface area contributed by atoms with Gasteiger partial charge in [-0.2, -0.15) is 0 Å². The van der Waals surface area contributed by atoms with Gasteiger partial charge in [0.25, 0.3) is 5.91 Å². The minimum atomic E-state index is -0.258. The fourth-order valence-corrected chi connectivity index (χ4v) is 0.757. The summed E-state index contributed by atoms with van der Waals surface area (Å²) in [5.41, 5.74) is 1.13. The highest BCUT2D eigenvalue weighted by Gasteiger charge is 2.16. The third kappa shape index (κ3) is 0.440. The third-order valence-corrected chi connectivity index (χ3v) is 1.18. The molecule has 1 aliphatic rings. The lowest BCUT2D eigenvalue weighted by Gasteiger charge is -1.75. The van der Waals surface area contributed by atoms with Crippen LogP contribution in [0.2, 0.25) is 0 Å². The summed E-state index contributed by atoms with van der Waals surface area (Å²) >= 11 is 0. The van der Waals surface area contributed by atoms with Crippen molar-refractivity contribution in [1.82, 2.24) is 9.97 Å². The molecule has 4 heteroatoms. The number of hydrogen-bond donors (Lipinski definition) is 1. The topological polar surface area (TPSA) is 58.1 Å². The van der Waals surface area contributed by atoms with Gasteiger partial charge >= 0.3 is 0 Å². The van der Waals surface area contributed by atoms with Gasteiger partial charge in [-0.05, 0) is 0 Å². The molecular weight excluding hydrogens is 118 g/mol. The van der Waals surface area contributed by atoms with Crippen LogP contribution >= 0.6 is 0 Å². The van der Waals surface area contributed by atoms with Gasteiger partial charge in [0.1, 0.15) is 0 Å². The number of amides is 1. The second-order valence-electron chi connectivity index (χ2n) is 1.73. The van der Waals surface area contributed by atoms with Crippen LogP contribution in [0.5, 0.6) is 0 Å². The number of aromatic nitrogens is 2. The van der Waals surface area contributed by atoms with Crippen molar-refractivity contribution in [2.45, 2.75) is 0 Å². The largest absolute Gasteiger partial charge is 0.343 e. The molecule has 9 heavy (non-hydrogen) atoms. The minimum Gasteiger partial charge on any atom is -0.343 e. The average Bonchev–Trinajstić information content (AvgIpc) is 2.35. The van der Waals surface area contributed by atoms with Crippen LogP contribution in [0.25, 0.3) is 0 Å². The maximum atomic E-state index is 10.6. The lowest BCUT2D eigenvalue weighted by molar-refractivity contribution is 0.100. The number of carbonyl (C=O) groups is 1. The number of aromatic amines is 1. The molecule has 0 bridgehead atoms. The van der Waals surface area contributed by atoms with Gasteiger partial charge in [-0.25, -0.2) is 9.98 Å². The highest BCUT2D eigenvalue weighted by molar-refractivity contribution is 6.10. The van der Waals surface area contributed by atoms with Crippen molar-refractivity contribution >= 4 is 12.1 Å². The quantitative estimate of drug-likeness (QED) is 0.524. The Labute approximate surface area is 50.6 Å². The Morgan fingerprint density at radius 3 is 3.22 bits per heavy atom. The van der Waals surface area contributed by atoms with Gasteiger partial charge in [-0.15, -0.1) is 0 Å². The van der Waals surface area contributed by atoms with E-state index in [9.17, 15) is 4.79 Å². The Bertz CT molecular complexity index is 286. The Morgan fingerprint density at radius 1 is 1.56 bits per heavy atom. The molecule has 1 amide bonds. The van der Waals surface area contributed by atoms with E-state index in [1.54, 1.807) is 0 Å². The van der Waals surface area contributed by atoms with E-state index >= 15 is 0 Å². The Kier molecular flexibility index (Phi) is 0.631. The van der Waals surface area contributed by atoms with Crippen LogP contribution in [0.4, 0.5) is 0 Å². The Morgan fingerprint density at radius 2 is 2.44 bits per heavy atom. The fourth-order valence-electron chi connectivity index (χ4n) is 0.757. The molecule has 4 nitrogen and oxygen atoms in total. The number of nitrogens with zero attached hydrogens (tertiary/aromatic N) is 2. The molecule has 0 unspecified atom stereocenters. The predicted octanol–water partition coefficient (Wildman–Crippen LogP) is -0.0176. The van der Waals surface area contributed by atoms with E-state index < -0.39 is 0 Å². The van der Waals surface area contributed by atoms with Crippen molar-refractivity contribution < 1.29 is 4.79 Å². The number of nitrogens with one attached hydrogen (secondary N) is 1. The molecule has 0 spiro atoms. The molecule has 1 N–H and O–H groups in total. The van der Waals surface area contributed by atoms with Crippen LogP contribution in [0.15, 0.2) is 11.3 Å². The normalized spacial score (nSPS) is 14.4. The summed E-state index contributed by atoms with van der Waals surface area (Å²) in [6.07, 6.45) is 2.96. The highest BCUT2D eigenvalue weighted by Crippen LogP contribution is 2.07. The summed E-state index contributed by atoms with van der Waals surface area (Å²) < 4.78 is 0. The maximum Gasteiger partial charge on any atom is 0.297 e. The van der Waals surface area contributed by atoms with Crippen molar-refractivity contribution in [2.24, 2.45) is 4.99 Å². The monoisotopic (exact) mass is 121 g/mol. The molecule has 0 aliphatic carbocycles. The van der Waals surface area contributed by atoms with E-state index in [4.69, 9.17) is 0 Å². The van der Waals surface area contributed by atoms with E-state index in [0.717, 1.165) is 0 Å². The Balaban J connectivity index is 2.73. The SMILES string of the molecule is O=C1N=Cc2[nH]cnc21. The zero-order chi connectivity index (χ0) is 6.27. The van der Waals surface area contributed by atoms with Crippen molar-refractivity contribution in [3.05, 3.63) is 17.7 Å². The van der Waals surface area contributed by atoms with E-state index in [1.807, 2.05) is 0 Å². The minimum absolute atomic E-state index is 0.258. The first-order chi connectivity index (χ1) is 4.38. The standard InChI is InChI=1S/C5H3N3O/c9-5-4-3(1-6-5)7-2-8-4/h1-2H,(H,7,8). The summed E-state index contributed by atoms with van der Waals surface area (Å²) in [5.74, 6) is -0.258. The second kappa shape index (κ2) is 1.28. The highest BCUT2D eigenvalue weighted by atomic mass is 16.1. The molecule has 0 saturated carbocycles. The zero-order valence-electron chi connectivity index (χ0n) is 4.46. The van der Waals surface area contributed by atoms with Gasteiger partial charge in [0, 0.05) is 0 Å². The van der Waals surface area contributed by atoms with E-state index in [-0.39, 0.29) is 5.91 Å². The molecule has 0 fully saturated rings. The number of rotatable bonds is 0. The van der Waals surface area contributed by atoms with Gasteiger partial charge < -0.3 is 4.98 Å². The third-order valence-electron chi connectivity index (χ3n) is 1.18. The molecule has 44 valence electrons. The van der Waals surface area contributed by atoms with Crippen molar-refractivity contribution in [3.8, 4) is 0 Å². The van der Waals surface area contributed by atoms with Crippen LogP contribution in [-0.4, -0.2) is 22.1 Å². The van der Waals surface area contributed by atoms with E-state index in [1.165, 1.54) is 12.5 Å². The van der Waals surface area contributed by atoms with Crippen molar-refractivity contribution in [3.63, 3.8) is 0 Å². The predicted molar refractivity (Wildman–Crippen MR) is 30.5 cm³/mol. The molecule has 0 aromatic carbocycles. The van der Waals surface area contributed by atoms with Gasteiger partial charge in [-0.1, -0.05) is 0 Å². The van der Waals surface area contributed by atoms with Crippen molar-refractivity contribution in [2.75, 3.05) is 0 Å². The smallest absolute Gasteiger partial charge is 0.297 e. The molecule has 0 atom stereocenters. The first-order valence-electron chi connectivity index (χ1n) is 2.50. The summed E-state index contributed by atoms with van der Waals surface area (Å²) in [4.78, 5) is 20.7. The van der Waals surface area contributed by atoms with Gasteiger partial charge in [0.2, 0.25) is 0 Å².